The maximum atomic E-state index is 5.28. The Morgan fingerprint density at radius 3 is 3.00 bits per heavy atom. The summed E-state index contributed by atoms with van der Waals surface area (Å²) in [5, 5.41) is 3.40. The lowest BCUT2D eigenvalue weighted by atomic mass is 10.1. The summed E-state index contributed by atoms with van der Waals surface area (Å²) in [6.07, 6.45) is 2.75. The highest BCUT2D eigenvalue weighted by Crippen LogP contribution is 2.40. The van der Waals surface area contributed by atoms with Gasteiger partial charge in [-0.15, -0.1) is 0 Å². The van der Waals surface area contributed by atoms with E-state index in [1.54, 1.807) is 0 Å². The third-order valence-electron chi connectivity index (χ3n) is 2.96. The van der Waals surface area contributed by atoms with Crippen molar-refractivity contribution in [2.45, 2.75) is 32.2 Å². The van der Waals surface area contributed by atoms with Crippen molar-refractivity contribution in [1.29, 1.82) is 0 Å². The van der Waals surface area contributed by atoms with Crippen LogP contribution in [0.5, 0.6) is 0 Å². The van der Waals surface area contributed by atoms with Crippen LogP contribution in [-0.2, 0) is 11.3 Å². The van der Waals surface area contributed by atoms with Gasteiger partial charge in [-0.2, -0.15) is 0 Å². The molecule has 2 rings (SSSR count). The van der Waals surface area contributed by atoms with Crippen LogP contribution < -0.4 is 5.32 Å². The van der Waals surface area contributed by atoms with E-state index in [-0.39, 0.29) is 0 Å². The Kier molecular flexibility index (Phi) is 4.37. The van der Waals surface area contributed by atoms with Gasteiger partial charge in [-0.25, -0.2) is 0 Å². The van der Waals surface area contributed by atoms with Crippen molar-refractivity contribution in [3.63, 3.8) is 0 Å². The third-order valence-corrected chi connectivity index (χ3v) is 2.96. The Balaban J connectivity index is 1.73. The zero-order chi connectivity index (χ0) is 11.2. The molecular weight excluding hydrogens is 198 g/mol. The van der Waals surface area contributed by atoms with Crippen LogP contribution in [0.3, 0.4) is 0 Å². The molecule has 1 aromatic carbocycles. The molecule has 0 unspecified atom stereocenters. The molecule has 2 heteroatoms. The number of rotatable bonds is 7. The Morgan fingerprint density at radius 1 is 1.38 bits per heavy atom. The van der Waals surface area contributed by atoms with Crippen molar-refractivity contribution >= 4 is 0 Å². The molecule has 1 aromatic rings. The largest absolute Gasteiger partial charge is 0.380 e. The monoisotopic (exact) mass is 219 g/mol. The van der Waals surface area contributed by atoms with Crippen LogP contribution >= 0.6 is 0 Å². The van der Waals surface area contributed by atoms with Crippen LogP contribution in [-0.4, -0.2) is 19.8 Å². The van der Waals surface area contributed by atoms with Gasteiger partial charge in [-0.05, 0) is 36.8 Å². The summed E-state index contributed by atoms with van der Waals surface area (Å²) < 4.78 is 5.28. The summed E-state index contributed by atoms with van der Waals surface area (Å²) in [6.45, 7) is 5.52. The van der Waals surface area contributed by atoms with Gasteiger partial charge >= 0.3 is 0 Å². The van der Waals surface area contributed by atoms with Crippen LogP contribution in [0.2, 0.25) is 0 Å². The van der Waals surface area contributed by atoms with Crippen LogP contribution in [0.4, 0.5) is 0 Å². The first-order valence-corrected chi connectivity index (χ1v) is 6.27. The van der Waals surface area contributed by atoms with E-state index in [2.05, 4.69) is 29.6 Å². The van der Waals surface area contributed by atoms with Crippen molar-refractivity contribution in [3.8, 4) is 0 Å². The van der Waals surface area contributed by atoms with Gasteiger partial charge in [0.15, 0.2) is 0 Å². The fourth-order valence-corrected chi connectivity index (χ4v) is 1.90. The van der Waals surface area contributed by atoms with Gasteiger partial charge in [0.1, 0.15) is 0 Å². The second-order valence-electron chi connectivity index (χ2n) is 4.39. The highest BCUT2D eigenvalue weighted by molar-refractivity contribution is 5.28. The molecule has 0 aliphatic heterocycles. The number of benzene rings is 1. The summed E-state index contributed by atoms with van der Waals surface area (Å²) in [6, 6.07) is 8.96. The lowest BCUT2D eigenvalue weighted by Crippen LogP contribution is -2.19. The minimum atomic E-state index is 0.804. The molecule has 1 aliphatic rings. The van der Waals surface area contributed by atoms with E-state index in [0.717, 1.165) is 32.2 Å². The first-order chi connectivity index (χ1) is 7.90. The van der Waals surface area contributed by atoms with E-state index in [0.29, 0.717) is 0 Å². The zero-order valence-electron chi connectivity index (χ0n) is 10.0. The number of hydrogen-bond donors (Lipinski definition) is 1. The van der Waals surface area contributed by atoms with Gasteiger partial charge in [-0.1, -0.05) is 24.3 Å². The summed E-state index contributed by atoms with van der Waals surface area (Å²) >= 11 is 0. The van der Waals surface area contributed by atoms with E-state index in [9.17, 15) is 0 Å². The predicted octanol–water partition coefficient (Wildman–Crippen LogP) is 2.69. The third kappa shape index (κ3) is 3.62. The molecule has 16 heavy (non-hydrogen) atoms. The fourth-order valence-electron chi connectivity index (χ4n) is 1.90. The molecule has 1 N–H and O–H groups in total. The standard InChI is InChI=1S/C14H21NO/c1-2-16-9-8-15-11-12-4-3-5-14(10-12)13-6-7-13/h3-5,10,13,15H,2,6-9,11H2,1H3. The molecule has 0 radical (unpaired) electrons. The van der Waals surface area contributed by atoms with Crippen molar-refractivity contribution < 1.29 is 4.74 Å². The van der Waals surface area contributed by atoms with Crippen LogP contribution in [0.1, 0.15) is 36.8 Å². The van der Waals surface area contributed by atoms with Gasteiger partial charge in [0.25, 0.3) is 0 Å². The highest BCUT2D eigenvalue weighted by Gasteiger charge is 2.23. The smallest absolute Gasteiger partial charge is 0.0590 e. The quantitative estimate of drug-likeness (QED) is 0.712. The Bertz CT molecular complexity index is 320. The minimum Gasteiger partial charge on any atom is -0.380 e. The van der Waals surface area contributed by atoms with Crippen molar-refractivity contribution in [2.75, 3.05) is 19.8 Å². The SMILES string of the molecule is CCOCCNCc1cccc(C2CC2)c1. The van der Waals surface area contributed by atoms with Gasteiger partial charge < -0.3 is 10.1 Å². The molecule has 1 aliphatic carbocycles. The Hall–Kier alpha value is -0.860. The fraction of sp³-hybridized carbons (Fsp3) is 0.571. The molecule has 1 fully saturated rings. The van der Waals surface area contributed by atoms with E-state index in [4.69, 9.17) is 4.74 Å². The van der Waals surface area contributed by atoms with Gasteiger partial charge in [-0.3, -0.25) is 0 Å². The van der Waals surface area contributed by atoms with Crippen LogP contribution in [0, 0.1) is 0 Å². The molecule has 0 aromatic heterocycles. The molecule has 0 spiro atoms. The lowest BCUT2D eigenvalue weighted by molar-refractivity contribution is 0.149. The van der Waals surface area contributed by atoms with Crippen molar-refractivity contribution in [1.82, 2.24) is 5.32 Å². The highest BCUT2D eigenvalue weighted by atomic mass is 16.5. The molecule has 0 amide bonds. The van der Waals surface area contributed by atoms with Gasteiger partial charge in [0, 0.05) is 19.7 Å². The molecule has 88 valence electrons. The molecule has 1 saturated carbocycles. The molecule has 0 atom stereocenters. The minimum absolute atomic E-state index is 0.804. The van der Waals surface area contributed by atoms with Crippen molar-refractivity contribution in [3.05, 3.63) is 35.4 Å². The Morgan fingerprint density at radius 2 is 2.25 bits per heavy atom. The van der Waals surface area contributed by atoms with Crippen LogP contribution in [0.15, 0.2) is 24.3 Å². The maximum Gasteiger partial charge on any atom is 0.0590 e. The number of hydrogen-bond acceptors (Lipinski definition) is 2. The average molecular weight is 219 g/mol. The van der Waals surface area contributed by atoms with E-state index in [1.807, 2.05) is 6.92 Å². The molecule has 0 saturated heterocycles. The average Bonchev–Trinajstić information content (AvgIpc) is 3.13. The topological polar surface area (TPSA) is 21.3 Å². The molecule has 0 heterocycles. The lowest BCUT2D eigenvalue weighted by Gasteiger charge is -2.06. The normalized spacial score (nSPS) is 15.3. The van der Waals surface area contributed by atoms with Crippen LogP contribution in [0.25, 0.3) is 0 Å². The first-order valence-electron chi connectivity index (χ1n) is 6.27. The molecular formula is C14H21NO. The number of nitrogens with one attached hydrogen (secondary N) is 1. The van der Waals surface area contributed by atoms with E-state index < -0.39 is 0 Å². The van der Waals surface area contributed by atoms with E-state index >= 15 is 0 Å². The van der Waals surface area contributed by atoms with E-state index in [1.165, 1.54) is 24.0 Å². The molecule has 0 bridgehead atoms. The summed E-state index contributed by atoms with van der Waals surface area (Å²) in [7, 11) is 0. The van der Waals surface area contributed by atoms with Crippen molar-refractivity contribution in [2.24, 2.45) is 0 Å². The predicted molar refractivity (Wildman–Crippen MR) is 66.6 cm³/mol. The maximum absolute atomic E-state index is 5.28. The second-order valence-corrected chi connectivity index (χ2v) is 4.39. The summed E-state index contributed by atoms with van der Waals surface area (Å²) in [5.74, 6) is 0.850. The first kappa shape index (κ1) is 11.6. The zero-order valence-corrected chi connectivity index (χ0v) is 10.0. The van der Waals surface area contributed by atoms with Gasteiger partial charge in [0.05, 0.1) is 6.61 Å². The van der Waals surface area contributed by atoms with Gasteiger partial charge in [0.2, 0.25) is 0 Å². The summed E-state index contributed by atoms with van der Waals surface area (Å²) in [5.41, 5.74) is 2.91. The second kappa shape index (κ2) is 6.02. The molecule has 2 nitrogen and oxygen atoms in total. The number of ether oxygens (including phenoxy) is 1. The summed E-state index contributed by atoms with van der Waals surface area (Å²) in [4.78, 5) is 0. The Labute approximate surface area is 98.0 Å².